The predicted molar refractivity (Wildman–Crippen MR) is 62.5 cm³/mol. The molecule has 82 valence electrons. The summed E-state index contributed by atoms with van der Waals surface area (Å²) in [5.74, 6) is 0.950. The van der Waals surface area contributed by atoms with Crippen molar-refractivity contribution in [3.05, 3.63) is 23.8 Å². The van der Waals surface area contributed by atoms with E-state index in [9.17, 15) is 0 Å². The topological polar surface area (TPSA) is 38.5 Å². The van der Waals surface area contributed by atoms with Crippen LogP contribution in [0.5, 0.6) is 5.75 Å². The Kier molecular flexibility index (Phi) is 2.57. The number of nitrogens with zero attached hydrogens (tertiary/aromatic N) is 1. The van der Waals surface area contributed by atoms with E-state index >= 15 is 0 Å². The van der Waals surface area contributed by atoms with Crippen LogP contribution in [-0.4, -0.2) is 25.7 Å². The number of fused-ring (bicyclic) bond motifs is 1. The lowest BCUT2D eigenvalue weighted by molar-refractivity contribution is 0.168. The van der Waals surface area contributed by atoms with E-state index in [4.69, 9.17) is 10.5 Å². The number of hydrogen-bond donors (Lipinski definition) is 1. The maximum Gasteiger partial charge on any atom is 0.143 e. The average molecular weight is 206 g/mol. The van der Waals surface area contributed by atoms with Crippen LogP contribution in [0.15, 0.2) is 18.2 Å². The van der Waals surface area contributed by atoms with Gasteiger partial charge in [-0.05, 0) is 31.5 Å². The van der Waals surface area contributed by atoms with Gasteiger partial charge in [0.05, 0.1) is 11.7 Å². The summed E-state index contributed by atoms with van der Waals surface area (Å²) in [6.45, 7) is 4.76. The third kappa shape index (κ3) is 1.67. The molecule has 0 fully saturated rings. The van der Waals surface area contributed by atoms with Gasteiger partial charge in [0.15, 0.2) is 0 Å². The average Bonchev–Trinajstić information content (AvgIpc) is 2.23. The Morgan fingerprint density at radius 2 is 2.20 bits per heavy atom. The fourth-order valence-electron chi connectivity index (χ4n) is 1.98. The molecule has 0 saturated heterocycles. The minimum Gasteiger partial charge on any atom is -0.485 e. The molecule has 1 aromatic carbocycles. The normalized spacial score (nSPS) is 24.7. The minimum atomic E-state index is 0.0873. The highest BCUT2D eigenvalue weighted by molar-refractivity contribution is 5.61. The predicted octanol–water partition coefficient (Wildman–Crippen LogP) is 1.54. The van der Waals surface area contributed by atoms with E-state index in [-0.39, 0.29) is 6.10 Å². The molecule has 1 aromatic rings. The van der Waals surface area contributed by atoms with E-state index in [2.05, 4.69) is 44.0 Å². The zero-order chi connectivity index (χ0) is 11.0. The van der Waals surface area contributed by atoms with Crippen molar-refractivity contribution in [3.63, 3.8) is 0 Å². The summed E-state index contributed by atoms with van der Waals surface area (Å²) >= 11 is 0. The second-order valence-corrected chi connectivity index (χ2v) is 4.21. The van der Waals surface area contributed by atoms with Crippen molar-refractivity contribution in [1.82, 2.24) is 0 Å². The fraction of sp³-hybridized carbons (Fsp3) is 0.500. The third-order valence-electron chi connectivity index (χ3n) is 3.15. The van der Waals surface area contributed by atoms with Crippen molar-refractivity contribution >= 4 is 5.69 Å². The van der Waals surface area contributed by atoms with Gasteiger partial charge in [0.1, 0.15) is 11.9 Å². The Balaban J connectivity index is 2.40. The van der Waals surface area contributed by atoms with Crippen LogP contribution in [-0.2, 0) is 0 Å². The van der Waals surface area contributed by atoms with Gasteiger partial charge in [0.2, 0.25) is 0 Å². The standard InChI is InChI=1S/C12H18N2O/c1-8-4-5-10-11(6-8)15-12(7-13)9(2)14(10)3/h4-6,9,12H,7,13H2,1-3H3. The summed E-state index contributed by atoms with van der Waals surface area (Å²) in [7, 11) is 2.09. The first-order valence-corrected chi connectivity index (χ1v) is 5.33. The Bertz CT molecular complexity index is 365. The van der Waals surface area contributed by atoms with Crippen molar-refractivity contribution in [1.29, 1.82) is 0 Å². The summed E-state index contributed by atoms with van der Waals surface area (Å²) < 4.78 is 5.88. The summed E-state index contributed by atoms with van der Waals surface area (Å²) in [4.78, 5) is 2.23. The monoisotopic (exact) mass is 206 g/mol. The number of likely N-dealkylation sites (N-methyl/N-ethyl adjacent to an activating group) is 1. The highest BCUT2D eigenvalue weighted by atomic mass is 16.5. The largest absolute Gasteiger partial charge is 0.485 e. The molecule has 2 atom stereocenters. The van der Waals surface area contributed by atoms with Crippen LogP contribution in [0.3, 0.4) is 0 Å². The van der Waals surface area contributed by atoms with Gasteiger partial charge in [0, 0.05) is 13.6 Å². The van der Waals surface area contributed by atoms with Crippen molar-refractivity contribution in [2.24, 2.45) is 5.73 Å². The van der Waals surface area contributed by atoms with Gasteiger partial charge in [-0.15, -0.1) is 0 Å². The number of ether oxygens (including phenoxy) is 1. The van der Waals surface area contributed by atoms with Crippen LogP contribution in [0, 0.1) is 6.92 Å². The van der Waals surface area contributed by atoms with Crippen LogP contribution in [0.1, 0.15) is 12.5 Å². The molecular weight excluding hydrogens is 188 g/mol. The van der Waals surface area contributed by atoms with Gasteiger partial charge >= 0.3 is 0 Å². The first-order chi connectivity index (χ1) is 7.13. The summed E-state index contributed by atoms with van der Waals surface area (Å²) in [5, 5.41) is 0. The third-order valence-corrected chi connectivity index (χ3v) is 3.15. The molecule has 2 rings (SSSR count). The molecule has 0 bridgehead atoms. The van der Waals surface area contributed by atoms with Crippen LogP contribution in [0.4, 0.5) is 5.69 Å². The van der Waals surface area contributed by atoms with E-state index in [1.165, 1.54) is 5.56 Å². The maximum absolute atomic E-state index is 5.88. The number of anilines is 1. The highest BCUT2D eigenvalue weighted by Gasteiger charge is 2.29. The van der Waals surface area contributed by atoms with Gasteiger partial charge < -0.3 is 15.4 Å². The molecule has 0 spiro atoms. The molecule has 15 heavy (non-hydrogen) atoms. The first-order valence-electron chi connectivity index (χ1n) is 5.33. The Labute approximate surface area is 90.8 Å². The second kappa shape index (κ2) is 3.74. The molecule has 1 aliphatic rings. The number of rotatable bonds is 1. The smallest absolute Gasteiger partial charge is 0.143 e. The second-order valence-electron chi connectivity index (χ2n) is 4.21. The highest BCUT2D eigenvalue weighted by Crippen LogP contribution is 2.35. The van der Waals surface area contributed by atoms with Crippen LogP contribution < -0.4 is 15.4 Å². The fourth-order valence-corrected chi connectivity index (χ4v) is 1.98. The number of benzene rings is 1. The lowest BCUT2D eigenvalue weighted by Crippen LogP contribution is -2.49. The van der Waals surface area contributed by atoms with Crippen molar-refractivity contribution in [2.45, 2.75) is 26.0 Å². The van der Waals surface area contributed by atoms with Crippen molar-refractivity contribution in [3.8, 4) is 5.75 Å². The summed E-state index contributed by atoms with van der Waals surface area (Å²) in [5.41, 5.74) is 8.07. The van der Waals surface area contributed by atoms with Gasteiger partial charge in [-0.2, -0.15) is 0 Å². The maximum atomic E-state index is 5.88. The van der Waals surface area contributed by atoms with Crippen molar-refractivity contribution < 1.29 is 4.74 Å². The van der Waals surface area contributed by atoms with E-state index in [0.717, 1.165) is 11.4 Å². The van der Waals surface area contributed by atoms with Crippen LogP contribution in [0.2, 0.25) is 0 Å². The van der Waals surface area contributed by atoms with Crippen molar-refractivity contribution in [2.75, 3.05) is 18.5 Å². The van der Waals surface area contributed by atoms with E-state index in [1.807, 2.05) is 0 Å². The molecule has 0 aromatic heterocycles. The molecule has 2 unspecified atom stereocenters. The lowest BCUT2D eigenvalue weighted by atomic mass is 10.1. The van der Waals surface area contributed by atoms with E-state index in [1.54, 1.807) is 0 Å². The van der Waals surface area contributed by atoms with Gasteiger partial charge in [0.25, 0.3) is 0 Å². The molecule has 3 heteroatoms. The van der Waals surface area contributed by atoms with Gasteiger partial charge in [-0.1, -0.05) is 6.07 Å². The van der Waals surface area contributed by atoms with Gasteiger partial charge in [-0.3, -0.25) is 0 Å². The van der Waals surface area contributed by atoms with Crippen LogP contribution >= 0.6 is 0 Å². The van der Waals surface area contributed by atoms with Gasteiger partial charge in [-0.25, -0.2) is 0 Å². The van der Waals surface area contributed by atoms with E-state index < -0.39 is 0 Å². The zero-order valence-electron chi connectivity index (χ0n) is 9.53. The molecule has 0 saturated carbocycles. The SMILES string of the molecule is Cc1ccc2c(c1)OC(CN)C(C)N2C. The van der Waals surface area contributed by atoms with Crippen LogP contribution in [0.25, 0.3) is 0 Å². The first kappa shape index (κ1) is 10.3. The number of hydrogen-bond acceptors (Lipinski definition) is 3. The summed E-state index contributed by atoms with van der Waals surface area (Å²) in [6, 6.07) is 6.60. The molecule has 0 radical (unpaired) electrons. The molecule has 1 aliphatic heterocycles. The molecule has 2 N–H and O–H groups in total. The Morgan fingerprint density at radius 1 is 1.47 bits per heavy atom. The number of nitrogens with two attached hydrogens (primary N) is 1. The number of aryl methyl sites for hydroxylation is 1. The zero-order valence-corrected chi connectivity index (χ0v) is 9.53. The molecule has 3 nitrogen and oxygen atoms in total. The molecule has 0 amide bonds. The summed E-state index contributed by atoms with van der Waals surface area (Å²) in [6.07, 6.45) is 0.0873. The molecule has 1 heterocycles. The quantitative estimate of drug-likeness (QED) is 0.757. The molecular formula is C12H18N2O. The molecule has 0 aliphatic carbocycles. The van der Waals surface area contributed by atoms with E-state index in [0.29, 0.717) is 12.6 Å². The minimum absolute atomic E-state index is 0.0873. The Hall–Kier alpha value is -1.22. The lowest BCUT2D eigenvalue weighted by Gasteiger charge is -2.39. The Morgan fingerprint density at radius 3 is 2.87 bits per heavy atom.